The van der Waals surface area contributed by atoms with Crippen molar-refractivity contribution in [3.05, 3.63) is 29.8 Å². The molecular formula is C14H20N2O6S. The van der Waals surface area contributed by atoms with Crippen molar-refractivity contribution in [1.82, 2.24) is 9.62 Å². The van der Waals surface area contributed by atoms with E-state index in [4.69, 9.17) is 9.47 Å². The Morgan fingerprint density at radius 1 is 1.26 bits per heavy atom. The van der Waals surface area contributed by atoms with Crippen LogP contribution in [0, 0.1) is 0 Å². The number of amides is 1. The quantitative estimate of drug-likeness (QED) is 0.520. The van der Waals surface area contributed by atoms with E-state index in [9.17, 15) is 18.0 Å². The highest BCUT2D eigenvalue weighted by Gasteiger charge is 2.19. The smallest absolute Gasteiger partial charge is 0.338 e. The first-order valence-electron chi connectivity index (χ1n) is 6.74. The number of methoxy groups -OCH3 is 1. The molecule has 0 spiro atoms. The number of benzene rings is 1. The highest BCUT2D eigenvalue weighted by atomic mass is 32.2. The minimum atomic E-state index is -3.65. The Balaban J connectivity index is 2.69. The number of nitrogens with one attached hydrogen (secondary N) is 1. The average Bonchev–Trinajstić information content (AvgIpc) is 2.52. The number of nitrogens with zero attached hydrogens (tertiary/aromatic N) is 1. The molecule has 0 aromatic heterocycles. The third-order valence-electron chi connectivity index (χ3n) is 2.81. The number of ether oxygens (including phenoxy) is 2. The topological polar surface area (TPSA) is 102 Å². The predicted molar refractivity (Wildman–Crippen MR) is 82.5 cm³/mol. The number of hydrogen-bond donors (Lipinski definition) is 1. The molecule has 1 aromatic rings. The molecule has 1 aromatic carbocycles. The molecule has 0 saturated heterocycles. The molecule has 8 nitrogen and oxygen atoms in total. The second-order valence-corrected chi connectivity index (χ2v) is 6.89. The lowest BCUT2D eigenvalue weighted by atomic mass is 10.2. The van der Waals surface area contributed by atoms with Gasteiger partial charge in [0.2, 0.25) is 10.0 Å². The summed E-state index contributed by atoms with van der Waals surface area (Å²) in [6.45, 7) is 0.209. The van der Waals surface area contributed by atoms with Crippen LogP contribution >= 0.6 is 0 Å². The molecule has 0 saturated carbocycles. The lowest BCUT2D eigenvalue weighted by molar-refractivity contribution is -0.124. The Morgan fingerprint density at radius 3 is 2.57 bits per heavy atom. The lowest BCUT2D eigenvalue weighted by Crippen LogP contribution is -2.31. The maximum atomic E-state index is 12.0. The van der Waals surface area contributed by atoms with E-state index in [1.54, 1.807) is 0 Å². The van der Waals surface area contributed by atoms with Crippen molar-refractivity contribution in [2.24, 2.45) is 0 Å². The minimum absolute atomic E-state index is 0.0264. The fourth-order valence-corrected chi connectivity index (χ4v) is 2.50. The first-order valence-corrected chi connectivity index (χ1v) is 8.18. The van der Waals surface area contributed by atoms with Gasteiger partial charge in [0.15, 0.2) is 6.61 Å². The summed E-state index contributed by atoms with van der Waals surface area (Å²) in [4.78, 5) is 23.3. The van der Waals surface area contributed by atoms with Crippen LogP contribution in [-0.2, 0) is 24.3 Å². The van der Waals surface area contributed by atoms with Crippen molar-refractivity contribution >= 4 is 21.9 Å². The first kappa shape index (κ1) is 19.1. The summed E-state index contributed by atoms with van der Waals surface area (Å²) < 4.78 is 34.7. The van der Waals surface area contributed by atoms with E-state index in [1.807, 2.05) is 0 Å². The van der Waals surface area contributed by atoms with Gasteiger partial charge in [0, 0.05) is 27.7 Å². The Bertz CT molecular complexity index is 657. The largest absolute Gasteiger partial charge is 0.452 e. The van der Waals surface area contributed by atoms with Gasteiger partial charge in [-0.2, -0.15) is 0 Å². The van der Waals surface area contributed by atoms with E-state index in [0.717, 1.165) is 4.31 Å². The highest BCUT2D eigenvalue weighted by molar-refractivity contribution is 7.89. The Labute approximate surface area is 135 Å². The van der Waals surface area contributed by atoms with Gasteiger partial charge in [0.25, 0.3) is 5.91 Å². The number of rotatable bonds is 8. The van der Waals surface area contributed by atoms with Gasteiger partial charge in [-0.15, -0.1) is 0 Å². The summed E-state index contributed by atoms with van der Waals surface area (Å²) in [5.41, 5.74) is 0.0533. The van der Waals surface area contributed by atoms with E-state index in [2.05, 4.69) is 5.32 Å². The molecule has 0 aliphatic carbocycles. The first-order chi connectivity index (χ1) is 10.8. The summed E-state index contributed by atoms with van der Waals surface area (Å²) in [7, 11) is 0.641. The van der Waals surface area contributed by atoms with Crippen LogP contribution < -0.4 is 5.32 Å². The number of carbonyl (C=O) groups is 2. The van der Waals surface area contributed by atoms with Gasteiger partial charge in [0.1, 0.15) is 0 Å². The van der Waals surface area contributed by atoms with Gasteiger partial charge in [-0.25, -0.2) is 17.5 Å². The van der Waals surface area contributed by atoms with E-state index in [-0.39, 0.29) is 10.5 Å². The molecule has 0 atom stereocenters. The van der Waals surface area contributed by atoms with E-state index >= 15 is 0 Å². The van der Waals surface area contributed by atoms with Crippen molar-refractivity contribution < 1.29 is 27.5 Å². The lowest BCUT2D eigenvalue weighted by Gasteiger charge is -2.12. The fourth-order valence-electron chi connectivity index (χ4n) is 1.55. The van der Waals surface area contributed by atoms with Gasteiger partial charge in [-0.05, 0) is 18.2 Å². The van der Waals surface area contributed by atoms with E-state index in [0.29, 0.717) is 13.2 Å². The van der Waals surface area contributed by atoms with Crippen LogP contribution in [0.3, 0.4) is 0 Å². The number of carbonyl (C=O) groups excluding carboxylic acids is 2. The van der Waals surface area contributed by atoms with Crippen LogP contribution in [0.4, 0.5) is 0 Å². The van der Waals surface area contributed by atoms with Gasteiger partial charge in [-0.1, -0.05) is 6.07 Å². The number of sulfonamides is 1. The van der Waals surface area contributed by atoms with Gasteiger partial charge < -0.3 is 14.8 Å². The van der Waals surface area contributed by atoms with Crippen LogP contribution in [0.25, 0.3) is 0 Å². The monoisotopic (exact) mass is 344 g/mol. The SMILES string of the molecule is COCCNC(=O)COC(=O)c1cccc(S(=O)(=O)N(C)C)c1. The average molecular weight is 344 g/mol. The van der Waals surface area contributed by atoms with Crippen LogP contribution in [0.2, 0.25) is 0 Å². The molecule has 0 bridgehead atoms. The molecule has 0 radical (unpaired) electrons. The van der Waals surface area contributed by atoms with Crippen molar-refractivity contribution in [2.75, 3.05) is 41.0 Å². The molecule has 1 amide bonds. The molecular weight excluding hydrogens is 324 g/mol. The maximum Gasteiger partial charge on any atom is 0.338 e. The van der Waals surface area contributed by atoms with Crippen molar-refractivity contribution in [3.8, 4) is 0 Å². The predicted octanol–water partition coefficient (Wildman–Crippen LogP) is -0.144. The second-order valence-electron chi connectivity index (χ2n) is 4.73. The minimum Gasteiger partial charge on any atom is -0.452 e. The van der Waals surface area contributed by atoms with Crippen molar-refractivity contribution in [3.63, 3.8) is 0 Å². The second kappa shape index (κ2) is 8.61. The van der Waals surface area contributed by atoms with Gasteiger partial charge in [0.05, 0.1) is 17.1 Å². The Morgan fingerprint density at radius 2 is 1.96 bits per heavy atom. The van der Waals surface area contributed by atoms with Crippen LogP contribution in [-0.4, -0.2) is 65.6 Å². The van der Waals surface area contributed by atoms with Crippen LogP contribution in [0.15, 0.2) is 29.2 Å². The van der Waals surface area contributed by atoms with Crippen LogP contribution in [0.5, 0.6) is 0 Å². The standard InChI is InChI=1S/C14H20N2O6S/c1-16(2)23(19,20)12-6-4-5-11(9-12)14(18)22-10-13(17)15-7-8-21-3/h4-6,9H,7-8,10H2,1-3H3,(H,15,17). The summed E-state index contributed by atoms with van der Waals surface area (Å²) in [6.07, 6.45) is 0. The summed E-state index contributed by atoms with van der Waals surface area (Å²) in [5.74, 6) is -1.24. The molecule has 1 rings (SSSR count). The maximum absolute atomic E-state index is 12.0. The molecule has 0 fully saturated rings. The van der Waals surface area contributed by atoms with Gasteiger partial charge >= 0.3 is 5.97 Å². The van der Waals surface area contributed by atoms with Gasteiger partial charge in [-0.3, -0.25) is 4.79 Å². The highest BCUT2D eigenvalue weighted by Crippen LogP contribution is 2.15. The summed E-state index contributed by atoms with van der Waals surface area (Å²) in [5, 5.41) is 2.50. The number of hydrogen-bond acceptors (Lipinski definition) is 6. The molecule has 0 aliphatic heterocycles. The fraction of sp³-hybridized carbons (Fsp3) is 0.429. The zero-order chi connectivity index (χ0) is 17.5. The molecule has 0 aliphatic rings. The molecule has 1 N–H and O–H groups in total. The van der Waals surface area contributed by atoms with E-state index in [1.165, 1.54) is 45.5 Å². The third kappa shape index (κ3) is 5.62. The Kier molecular flexibility index (Phi) is 7.14. The summed E-state index contributed by atoms with van der Waals surface area (Å²) >= 11 is 0. The summed E-state index contributed by atoms with van der Waals surface area (Å²) in [6, 6.07) is 5.44. The molecule has 0 heterocycles. The zero-order valence-corrected chi connectivity index (χ0v) is 14.1. The Hall–Kier alpha value is -1.97. The third-order valence-corrected chi connectivity index (χ3v) is 4.62. The molecule has 9 heteroatoms. The normalized spacial score (nSPS) is 11.3. The van der Waals surface area contributed by atoms with Crippen LogP contribution in [0.1, 0.15) is 10.4 Å². The van der Waals surface area contributed by atoms with E-state index < -0.39 is 28.5 Å². The molecule has 23 heavy (non-hydrogen) atoms. The molecule has 128 valence electrons. The molecule has 0 unspecified atom stereocenters. The van der Waals surface area contributed by atoms with Crippen molar-refractivity contribution in [1.29, 1.82) is 0 Å². The zero-order valence-electron chi connectivity index (χ0n) is 13.2. The number of esters is 1. The van der Waals surface area contributed by atoms with Crippen molar-refractivity contribution in [2.45, 2.75) is 4.90 Å².